The molecular weight excluding hydrogens is 234 g/mol. The van der Waals surface area contributed by atoms with Crippen LogP contribution < -0.4 is 4.74 Å². The average molecular weight is 249 g/mol. The third-order valence-corrected chi connectivity index (χ3v) is 3.03. The van der Waals surface area contributed by atoms with Gasteiger partial charge in [-0.2, -0.15) is 0 Å². The van der Waals surface area contributed by atoms with Crippen molar-refractivity contribution in [2.24, 2.45) is 0 Å². The summed E-state index contributed by atoms with van der Waals surface area (Å²) in [6.45, 7) is 1.47. The molecule has 1 aliphatic rings. The van der Waals surface area contributed by atoms with Crippen molar-refractivity contribution in [2.75, 3.05) is 20.2 Å². The predicted molar refractivity (Wildman–Crippen MR) is 65.1 cm³/mol. The van der Waals surface area contributed by atoms with Crippen molar-refractivity contribution in [1.82, 2.24) is 4.90 Å². The Bertz CT molecular complexity index is 478. The third-order valence-electron chi connectivity index (χ3n) is 3.03. The van der Waals surface area contributed by atoms with E-state index in [0.717, 1.165) is 25.9 Å². The van der Waals surface area contributed by atoms with Crippen LogP contribution in [0.3, 0.4) is 0 Å². The number of nitrogens with zero attached hydrogens (tertiary/aromatic N) is 1. The number of ether oxygens (including phenoxy) is 1. The molecule has 5 heteroatoms. The molecule has 0 aliphatic carbocycles. The molecule has 1 aliphatic heterocycles. The van der Waals surface area contributed by atoms with Crippen molar-refractivity contribution in [2.45, 2.75) is 12.8 Å². The number of aromatic carboxylic acids is 1. The molecule has 96 valence electrons. The van der Waals surface area contributed by atoms with Crippen LogP contribution in [-0.2, 0) is 0 Å². The van der Waals surface area contributed by atoms with Crippen LogP contribution in [0.15, 0.2) is 18.2 Å². The summed E-state index contributed by atoms with van der Waals surface area (Å²) in [5, 5.41) is 9.00. The number of methoxy groups -OCH3 is 1. The highest BCUT2D eigenvalue weighted by Gasteiger charge is 2.21. The van der Waals surface area contributed by atoms with Crippen molar-refractivity contribution < 1.29 is 19.4 Å². The minimum atomic E-state index is -1.07. The molecule has 0 radical (unpaired) electrons. The van der Waals surface area contributed by atoms with E-state index in [-0.39, 0.29) is 11.5 Å². The smallest absolute Gasteiger partial charge is 0.335 e. The van der Waals surface area contributed by atoms with Gasteiger partial charge in [0.15, 0.2) is 0 Å². The monoisotopic (exact) mass is 249 g/mol. The quantitative estimate of drug-likeness (QED) is 0.884. The minimum Gasteiger partial charge on any atom is -0.497 e. The Balaban J connectivity index is 2.33. The van der Waals surface area contributed by atoms with Gasteiger partial charge in [0.25, 0.3) is 5.91 Å². The summed E-state index contributed by atoms with van der Waals surface area (Å²) in [5.74, 6) is -0.810. The minimum absolute atomic E-state index is 0.0666. The Morgan fingerprint density at radius 2 is 1.78 bits per heavy atom. The zero-order valence-corrected chi connectivity index (χ0v) is 10.2. The SMILES string of the molecule is COc1cc(C(=O)O)cc(C(=O)N2CCCC2)c1. The van der Waals surface area contributed by atoms with Gasteiger partial charge in [-0.3, -0.25) is 4.79 Å². The Morgan fingerprint density at radius 1 is 1.17 bits per heavy atom. The van der Waals surface area contributed by atoms with E-state index in [1.165, 1.54) is 19.2 Å². The highest BCUT2D eigenvalue weighted by Crippen LogP contribution is 2.20. The number of amides is 1. The first-order valence-electron chi connectivity index (χ1n) is 5.83. The molecule has 1 N–H and O–H groups in total. The number of carbonyl (C=O) groups is 2. The van der Waals surface area contributed by atoms with Gasteiger partial charge in [0.1, 0.15) is 5.75 Å². The molecule has 1 aromatic rings. The third kappa shape index (κ3) is 2.45. The van der Waals surface area contributed by atoms with Crippen molar-refractivity contribution >= 4 is 11.9 Å². The standard InChI is InChI=1S/C13H15NO4/c1-18-11-7-9(6-10(8-11)13(16)17)12(15)14-4-2-3-5-14/h6-8H,2-5H2,1H3,(H,16,17). The van der Waals surface area contributed by atoms with E-state index in [4.69, 9.17) is 9.84 Å². The van der Waals surface area contributed by atoms with Crippen LogP contribution in [0.2, 0.25) is 0 Å². The number of hydrogen-bond donors (Lipinski definition) is 1. The highest BCUT2D eigenvalue weighted by molar-refractivity contribution is 5.98. The number of rotatable bonds is 3. The lowest BCUT2D eigenvalue weighted by molar-refractivity contribution is 0.0696. The fraction of sp³-hybridized carbons (Fsp3) is 0.385. The first kappa shape index (κ1) is 12.4. The Hall–Kier alpha value is -2.04. The molecule has 1 saturated heterocycles. The van der Waals surface area contributed by atoms with E-state index < -0.39 is 5.97 Å². The van der Waals surface area contributed by atoms with Crippen LogP contribution in [-0.4, -0.2) is 42.1 Å². The van der Waals surface area contributed by atoms with Gasteiger partial charge >= 0.3 is 5.97 Å². The molecule has 0 bridgehead atoms. The van der Waals surface area contributed by atoms with E-state index in [9.17, 15) is 9.59 Å². The highest BCUT2D eigenvalue weighted by atomic mass is 16.5. The number of benzene rings is 1. The van der Waals surface area contributed by atoms with Gasteiger partial charge in [-0.15, -0.1) is 0 Å². The molecule has 1 amide bonds. The summed E-state index contributed by atoms with van der Waals surface area (Å²) < 4.78 is 5.02. The second kappa shape index (κ2) is 5.08. The number of carboxylic acids is 1. The normalized spacial score (nSPS) is 14.6. The Morgan fingerprint density at radius 3 is 2.33 bits per heavy atom. The van der Waals surface area contributed by atoms with Gasteiger partial charge in [0.2, 0.25) is 0 Å². The summed E-state index contributed by atoms with van der Waals surface area (Å²) in [6.07, 6.45) is 2.00. The van der Waals surface area contributed by atoms with Crippen LogP contribution in [0.1, 0.15) is 33.6 Å². The molecular formula is C13H15NO4. The van der Waals surface area contributed by atoms with Gasteiger partial charge in [-0.25, -0.2) is 4.79 Å². The summed E-state index contributed by atoms with van der Waals surface area (Å²) in [4.78, 5) is 24.9. The van der Waals surface area contributed by atoms with E-state index >= 15 is 0 Å². The maximum Gasteiger partial charge on any atom is 0.335 e. The van der Waals surface area contributed by atoms with Crippen LogP contribution in [0.25, 0.3) is 0 Å². The van der Waals surface area contributed by atoms with Crippen LogP contribution in [0.5, 0.6) is 5.75 Å². The van der Waals surface area contributed by atoms with Gasteiger partial charge in [-0.1, -0.05) is 0 Å². The molecule has 2 rings (SSSR count). The van der Waals surface area contributed by atoms with E-state index in [0.29, 0.717) is 11.3 Å². The predicted octanol–water partition coefficient (Wildman–Crippen LogP) is 1.63. The largest absolute Gasteiger partial charge is 0.497 e. The molecule has 0 spiro atoms. The number of likely N-dealkylation sites (tertiary alicyclic amines) is 1. The average Bonchev–Trinajstić information content (AvgIpc) is 2.91. The number of carboxylic acid groups (broad SMARTS) is 1. The number of hydrogen-bond acceptors (Lipinski definition) is 3. The number of carbonyl (C=O) groups excluding carboxylic acids is 1. The van der Waals surface area contributed by atoms with Gasteiger partial charge in [-0.05, 0) is 31.0 Å². The second-order valence-electron chi connectivity index (χ2n) is 4.25. The van der Waals surface area contributed by atoms with Crippen LogP contribution >= 0.6 is 0 Å². The van der Waals surface area contributed by atoms with Gasteiger partial charge in [0, 0.05) is 18.7 Å². The molecule has 1 fully saturated rings. The van der Waals surface area contributed by atoms with Crippen LogP contribution in [0, 0.1) is 0 Å². The zero-order valence-electron chi connectivity index (χ0n) is 10.2. The lowest BCUT2D eigenvalue weighted by Gasteiger charge is -2.16. The van der Waals surface area contributed by atoms with E-state index in [1.807, 2.05) is 0 Å². The first-order chi connectivity index (χ1) is 8.61. The van der Waals surface area contributed by atoms with Crippen molar-refractivity contribution in [3.8, 4) is 5.75 Å². The zero-order chi connectivity index (χ0) is 13.1. The van der Waals surface area contributed by atoms with E-state index in [1.54, 1.807) is 11.0 Å². The molecule has 5 nitrogen and oxygen atoms in total. The summed E-state index contributed by atoms with van der Waals surface area (Å²) in [6, 6.07) is 4.38. The molecule has 0 saturated carbocycles. The lowest BCUT2D eigenvalue weighted by atomic mass is 10.1. The molecule has 0 atom stereocenters. The fourth-order valence-corrected chi connectivity index (χ4v) is 2.07. The van der Waals surface area contributed by atoms with Gasteiger partial charge < -0.3 is 14.7 Å². The molecule has 0 aromatic heterocycles. The first-order valence-corrected chi connectivity index (χ1v) is 5.83. The van der Waals surface area contributed by atoms with E-state index in [2.05, 4.69) is 0 Å². The Labute approximate surface area is 105 Å². The molecule has 1 aromatic carbocycles. The lowest BCUT2D eigenvalue weighted by Crippen LogP contribution is -2.27. The van der Waals surface area contributed by atoms with Gasteiger partial charge in [0.05, 0.1) is 12.7 Å². The maximum atomic E-state index is 12.2. The van der Waals surface area contributed by atoms with Crippen molar-refractivity contribution in [3.05, 3.63) is 29.3 Å². The maximum absolute atomic E-state index is 12.2. The summed E-state index contributed by atoms with van der Waals surface area (Å²) in [7, 11) is 1.45. The molecule has 1 heterocycles. The summed E-state index contributed by atoms with van der Waals surface area (Å²) in [5.41, 5.74) is 0.436. The molecule has 0 unspecified atom stereocenters. The van der Waals surface area contributed by atoms with Crippen molar-refractivity contribution in [1.29, 1.82) is 0 Å². The van der Waals surface area contributed by atoms with Crippen LogP contribution in [0.4, 0.5) is 0 Å². The Kier molecular flexibility index (Phi) is 3.50. The van der Waals surface area contributed by atoms with Crippen molar-refractivity contribution in [3.63, 3.8) is 0 Å². The molecule has 18 heavy (non-hydrogen) atoms. The second-order valence-corrected chi connectivity index (χ2v) is 4.25. The fourth-order valence-electron chi connectivity index (χ4n) is 2.07. The summed E-state index contributed by atoms with van der Waals surface area (Å²) >= 11 is 0. The topological polar surface area (TPSA) is 66.8 Å².